The van der Waals surface area contributed by atoms with Gasteiger partial charge in [-0.05, 0) is 18.6 Å². The first kappa shape index (κ1) is 16.7. The van der Waals surface area contributed by atoms with Gasteiger partial charge >= 0.3 is 18.2 Å². The molecule has 23 heavy (non-hydrogen) atoms. The van der Waals surface area contributed by atoms with Gasteiger partial charge in [-0.3, -0.25) is 0 Å². The van der Waals surface area contributed by atoms with Crippen molar-refractivity contribution >= 4 is 6.09 Å². The Kier molecular flexibility index (Phi) is 4.82. The predicted molar refractivity (Wildman–Crippen MR) is 71.5 cm³/mol. The number of halogens is 3. The molecular formula is C13H13F3N4O3. The van der Waals surface area contributed by atoms with Crippen LogP contribution in [0, 0.1) is 0 Å². The van der Waals surface area contributed by atoms with Gasteiger partial charge in [0, 0.05) is 13.6 Å². The third-order valence-electron chi connectivity index (χ3n) is 2.71. The van der Waals surface area contributed by atoms with Crippen molar-refractivity contribution in [3.63, 3.8) is 0 Å². The molecule has 0 N–H and O–H groups in total. The largest absolute Gasteiger partial charge is 0.471 e. The van der Waals surface area contributed by atoms with E-state index in [9.17, 15) is 18.0 Å². The van der Waals surface area contributed by atoms with E-state index in [1.165, 1.54) is 23.2 Å². The Hall–Kier alpha value is -2.65. The molecule has 124 valence electrons. The molecule has 2 rings (SSSR count). The van der Waals surface area contributed by atoms with Crippen molar-refractivity contribution in [2.75, 3.05) is 13.6 Å². The lowest BCUT2D eigenvalue weighted by molar-refractivity contribution is -0.159. The minimum atomic E-state index is -4.72. The monoisotopic (exact) mass is 330 g/mol. The van der Waals surface area contributed by atoms with Crippen LogP contribution in [0.2, 0.25) is 0 Å². The second-order valence-corrected chi connectivity index (χ2v) is 4.59. The summed E-state index contributed by atoms with van der Waals surface area (Å²) in [6.07, 6.45) is -3.30. The molecule has 0 aliphatic heterocycles. The maximum absolute atomic E-state index is 12.4. The Bertz CT molecular complexity index is 670. The minimum absolute atomic E-state index is 0.0611. The molecule has 0 aliphatic rings. The van der Waals surface area contributed by atoms with Crippen LogP contribution < -0.4 is 4.74 Å². The number of aromatic nitrogens is 3. The Morgan fingerprint density at radius 1 is 1.39 bits per heavy atom. The molecule has 0 spiro atoms. The summed E-state index contributed by atoms with van der Waals surface area (Å²) < 4.78 is 46.3. The van der Waals surface area contributed by atoms with E-state index < -0.39 is 18.2 Å². The van der Waals surface area contributed by atoms with Gasteiger partial charge in [0.15, 0.2) is 5.75 Å². The van der Waals surface area contributed by atoms with E-state index in [4.69, 9.17) is 4.74 Å². The highest BCUT2D eigenvalue weighted by Gasteiger charge is 2.38. The fourth-order valence-corrected chi connectivity index (χ4v) is 1.62. The number of pyridine rings is 1. The van der Waals surface area contributed by atoms with Gasteiger partial charge in [-0.2, -0.15) is 18.2 Å². The molecule has 7 nitrogen and oxygen atoms in total. The van der Waals surface area contributed by atoms with Gasteiger partial charge in [0.25, 0.3) is 0 Å². The number of ether oxygens (including phenoxy) is 1. The summed E-state index contributed by atoms with van der Waals surface area (Å²) in [6, 6.07) is 2.71. The first-order valence-corrected chi connectivity index (χ1v) is 6.61. The van der Waals surface area contributed by atoms with Crippen molar-refractivity contribution in [1.29, 1.82) is 0 Å². The third-order valence-corrected chi connectivity index (χ3v) is 2.71. The van der Waals surface area contributed by atoms with Crippen LogP contribution >= 0.6 is 0 Å². The van der Waals surface area contributed by atoms with Crippen LogP contribution in [0.1, 0.15) is 19.2 Å². The molecule has 0 radical (unpaired) electrons. The van der Waals surface area contributed by atoms with Crippen LogP contribution in [0.25, 0.3) is 11.5 Å². The maximum atomic E-state index is 12.4. The van der Waals surface area contributed by atoms with E-state index in [-0.39, 0.29) is 17.3 Å². The molecule has 0 unspecified atom stereocenters. The number of amides is 1. The van der Waals surface area contributed by atoms with Crippen molar-refractivity contribution < 1.29 is 27.2 Å². The van der Waals surface area contributed by atoms with Crippen LogP contribution in [-0.2, 0) is 6.18 Å². The fraction of sp³-hybridized carbons (Fsp3) is 0.385. The van der Waals surface area contributed by atoms with E-state index in [1.807, 2.05) is 6.92 Å². The lowest BCUT2D eigenvalue weighted by Gasteiger charge is -2.15. The van der Waals surface area contributed by atoms with E-state index in [0.29, 0.717) is 6.54 Å². The topological polar surface area (TPSA) is 81.4 Å². The van der Waals surface area contributed by atoms with E-state index in [1.54, 1.807) is 7.05 Å². The molecule has 0 fully saturated rings. The molecule has 0 saturated carbocycles. The molecular weight excluding hydrogens is 317 g/mol. The molecule has 2 heterocycles. The Morgan fingerprint density at radius 2 is 2.13 bits per heavy atom. The number of carbonyl (C=O) groups excluding carboxylic acids is 1. The highest BCUT2D eigenvalue weighted by atomic mass is 19.4. The minimum Gasteiger partial charge on any atom is -0.409 e. The van der Waals surface area contributed by atoms with Gasteiger partial charge in [-0.25, -0.2) is 9.78 Å². The third kappa shape index (κ3) is 4.18. The molecule has 10 heteroatoms. The molecule has 1 amide bonds. The predicted octanol–water partition coefficient (Wildman–Crippen LogP) is 2.99. The van der Waals surface area contributed by atoms with E-state index in [0.717, 1.165) is 6.42 Å². The summed E-state index contributed by atoms with van der Waals surface area (Å²) in [4.78, 5) is 20.1. The first-order chi connectivity index (χ1) is 10.8. The SMILES string of the molecule is CCCN(C)C(=O)Oc1ccc(-c2noc(C(F)(F)F)n2)nc1. The summed E-state index contributed by atoms with van der Waals surface area (Å²) in [6.45, 7) is 2.45. The quantitative estimate of drug-likeness (QED) is 0.857. The zero-order valence-corrected chi connectivity index (χ0v) is 12.3. The number of rotatable bonds is 4. The first-order valence-electron chi connectivity index (χ1n) is 6.61. The second-order valence-electron chi connectivity index (χ2n) is 4.59. The average molecular weight is 330 g/mol. The maximum Gasteiger partial charge on any atom is 0.471 e. The Balaban J connectivity index is 2.08. The van der Waals surface area contributed by atoms with Gasteiger partial charge in [-0.1, -0.05) is 12.1 Å². The van der Waals surface area contributed by atoms with Crippen molar-refractivity contribution in [2.24, 2.45) is 0 Å². The van der Waals surface area contributed by atoms with Crippen LogP contribution in [0.3, 0.4) is 0 Å². The molecule has 0 aliphatic carbocycles. The van der Waals surface area contributed by atoms with E-state index >= 15 is 0 Å². The highest BCUT2D eigenvalue weighted by Crippen LogP contribution is 2.29. The molecule has 0 atom stereocenters. The molecule has 2 aromatic rings. The number of hydrogen-bond acceptors (Lipinski definition) is 6. The van der Waals surface area contributed by atoms with Crippen LogP contribution in [0.15, 0.2) is 22.9 Å². The number of alkyl halides is 3. The second kappa shape index (κ2) is 6.63. The average Bonchev–Trinajstić information content (AvgIpc) is 2.98. The number of carbonyl (C=O) groups is 1. The normalized spacial score (nSPS) is 11.3. The lowest BCUT2D eigenvalue weighted by atomic mass is 10.3. The number of nitrogens with zero attached hydrogens (tertiary/aromatic N) is 4. The molecule has 0 saturated heterocycles. The standard InChI is InChI=1S/C13H13F3N4O3/c1-3-6-20(2)12(21)22-8-4-5-9(17-7-8)10-18-11(23-19-10)13(14,15)16/h4-5,7H,3,6H2,1-2H3. The van der Waals surface area contributed by atoms with Gasteiger partial charge in [0.2, 0.25) is 5.82 Å². The van der Waals surface area contributed by atoms with Gasteiger partial charge in [-0.15, -0.1) is 0 Å². The lowest BCUT2D eigenvalue weighted by Crippen LogP contribution is -2.30. The summed E-state index contributed by atoms with van der Waals surface area (Å²) in [5.74, 6) is -1.61. The highest BCUT2D eigenvalue weighted by molar-refractivity contribution is 5.70. The summed E-state index contributed by atoms with van der Waals surface area (Å²) in [7, 11) is 1.59. The van der Waals surface area contributed by atoms with Crippen molar-refractivity contribution in [3.05, 3.63) is 24.2 Å². The number of hydrogen-bond donors (Lipinski definition) is 0. The smallest absolute Gasteiger partial charge is 0.409 e. The summed E-state index contributed by atoms with van der Waals surface area (Å²) >= 11 is 0. The van der Waals surface area contributed by atoms with Gasteiger partial charge in [0.1, 0.15) is 5.69 Å². The van der Waals surface area contributed by atoms with Crippen LogP contribution in [0.5, 0.6) is 5.75 Å². The van der Waals surface area contributed by atoms with E-state index in [2.05, 4.69) is 19.6 Å². The van der Waals surface area contributed by atoms with Crippen LogP contribution in [0.4, 0.5) is 18.0 Å². The summed E-state index contributed by atoms with van der Waals surface area (Å²) in [5.41, 5.74) is 0.0611. The van der Waals surface area contributed by atoms with Crippen molar-refractivity contribution in [2.45, 2.75) is 19.5 Å². The van der Waals surface area contributed by atoms with Crippen molar-refractivity contribution in [3.8, 4) is 17.3 Å². The van der Waals surface area contributed by atoms with Gasteiger partial charge < -0.3 is 14.2 Å². The fourth-order valence-electron chi connectivity index (χ4n) is 1.62. The summed E-state index contributed by atoms with van der Waals surface area (Å²) in [5, 5.41) is 3.21. The zero-order chi connectivity index (χ0) is 17.0. The Labute approximate surface area is 129 Å². The Morgan fingerprint density at radius 3 is 2.65 bits per heavy atom. The zero-order valence-electron chi connectivity index (χ0n) is 12.3. The molecule has 0 aromatic carbocycles. The van der Waals surface area contributed by atoms with Crippen LogP contribution in [-0.4, -0.2) is 39.7 Å². The van der Waals surface area contributed by atoms with Gasteiger partial charge in [0.05, 0.1) is 6.20 Å². The molecule has 2 aromatic heterocycles. The van der Waals surface area contributed by atoms with Crippen molar-refractivity contribution in [1.82, 2.24) is 20.0 Å². The molecule has 0 bridgehead atoms.